The highest BCUT2D eigenvalue weighted by atomic mass is 16.2. The van der Waals surface area contributed by atoms with Gasteiger partial charge in [0, 0.05) is 52.1 Å². The molecule has 0 atom stereocenters. The van der Waals surface area contributed by atoms with Gasteiger partial charge in [0.25, 0.3) is 0 Å². The van der Waals surface area contributed by atoms with Gasteiger partial charge in [0.2, 0.25) is 11.8 Å². The van der Waals surface area contributed by atoms with Crippen LogP contribution in [0.2, 0.25) is 0 Å². The third kappa shape index (κ3) is 4.16. The van der Waals surface area contributed by atoms with Gasteiger partial charge in [-0.25, -0.2) is 0 Å². The van der Waals surface area contributed by atoms with E-state index in [2.05, 4.69) is 70.5 Å². The van der Waals surface area contributed by atoms with Crippen molar-refractivity contribution < 1.29 is 9.59 Å². The monoisotopic (exact) mass is 377 g/mol. The van der Waals surface area contributed by atoms with Gasteiger partial charge in [0.05, 0.1) is 6.04 Å². The molecule has 2 saturated heterocycles. The standard InChI is InChI=1S/C23H27N3O2/c27-21-11-12-22(28)26(21)18-15-24-13-16-25(17-14-24)23(19-7-3-1-4-8-19)20-9-5-2-6-10-20/h1-10,23H,11-18H2. The maximum absolute atomic E-state index is 11.8. The highest BCUT2D eigenvalue weighted by molar-refractivity contribution is 6.01. The number of nitrogens with zero attached hydrogens (tertiary/aromatic N) is 3. The fraction of sp³-hybridized carbons (Fsp3) is 0.391. The first-order valence-electron chi connectivity index (χ1n) is 10.1. The Balaban J connectivity index is 1.39. The number of hydrogen-bond donors (Lipinski definition) is 0. The van der Waals surface area contributed by atoms with Gasteiger partial charge in [-0.15, -0.1) is 0 Å². The summed E-state index contributed by atoms with van der Waals surface area (Å²) < 4.78 is 0. The van der Waals surface area contributed by atoms with Crippen molar-refractivity contribution in [2.24, 2.45) is 0 Å². The minimum absolute atomic E-state index is 0.0168. The number of carbonyl (C=O) groups is 2. The summed E-state index contributed by atoms with van der Waals surface area (Å²) in [5, 5.41) is 0. The van der Waals surface area contributed by atoms with Gasteiger partial charge in [-0.3, -0.25) is 24.3 Å². The van der Waals surface area contributed by atoms with E-state index in [4.69, 9.17) is 0 Å². The van der Waals surface area contributed by atoms with Gasteiger partial charge in [-0.2, -0.15) is 0 Å². The van der Waals surface area contributed by atoms with Crippen LogP contribution in [0.4, 0.5) is 0 Å². The van der Waals surface area contributed by atoms with Crippen molar-refractivity contribution >= 4 is 11.8 Å². The molecule has 0 N–H and O–H groups in total. The molecule has 0 unspecified atom stereocenters. The van der Waals surface area contributed by atoms with Crippen LogP contribution >= 0.6 is 0 Å². The molecule has 2 aromatic rings. The highest BCUT2D eigenvalue weighted by Crippen LogP contribution is 2.29. The van der Waals surface area contributed by atoms with E-state index >= 15 is 0 Å². The zero-order valence-corrected chi connectivity index (χ0v) is 16.2. The molecule has 0 aromatic heterocycles. The molecule has 0 spiro atoms. The first kappa shape index (κ1) is 18.8. The molecule has 0 aliphatic carbocycles. The topological polar surface area (TPSA) is 43.9 Å². The summed E-state index contributed by atoms with van der Waals surface area (Å²) in [5.74, 6) is -0.0336. The normalized spacial score (nSPS) is 19.0. The fourth-order valence-corrected chi connectivity index (χ4v) is 4.24. The van der Waals surface area contributed by atoms with Crippen molar-refractivity contribution in [3.05, 3.63) is 71.8 Å². The van der Waals surface area contributed by atoms with Gasteiger partial charge in [-0.1, -0.05) is 60.7 Å². The largest absolute Gasteiger partial charge is 0.299 e. The zero-order valence-electron chi connectivity index (χ0n) is 16.2. The Morgan fingerprint density at radius 2 is 1.18 bits per heavy atom. The van der Waals surface area contributed by atoms with Crippen LogP contribution in [-0.4, -0.2) is 65.8 Å². The zero-order chi connectivity index (χ0) is 19.3. The van der Waals surface area contributed by atoms with Gasteiger partial charge in [-0.05, 0) is 11.1 Å². The van der Waals surface area contributed by atoms with E-state index in [0.717, 1.165) is 32.7 Å². The van der Waals surface area contributed by atoms with Crippen molar-refractivity contribution in [2.75, 3.05) is 39.3 Å². The van der Waals surface area contributed by atoms with Gasteiger partial charge in [0.1, 0.15) is 0 Å². The van der Waals surface area contributed by atoms with Crippen LogP contribution in [0.25, 0.3) is 0 Å². The second kappa shape index (κ2) is 8.67. The van der Waals surface area contributed by atoms with E-state index in [1.165, 1.54) is 16.0 Å². The van der Waals surface area contributed by atoms with Crippen molar-refractivity contribution in [1.29, 1.82) is 0 Å². The second-order valence-corrected chi connectivity index (χ2v) is 7.54. The number of rotatable bonds is 6. The van der Waals surface area contributed by atoms with Crippen molar-refractivity contribution in [2.45, 2.75) is 18.9 Å². The SMILES string of the molecule is O=C1CCC(=O)N1CCN1CCN(C(c2ccccc2)c2ccccc2)CC1. The molecular weight excluding hydrogens is 350 g/mol. The summed E-state index contributed by atoms with van der Waals surface area (Å²) in [5.41, 5.74) is 2.63. The quantitative estimate of drug-likeness (QED) is 0.726. The van der Waals surface area contributed by atoms with E-state index in [-0.39, 0.29) is 17.9 Å². The Morgan fingerprint density at radius 1 is 0.679 bits per heavy atom. The number of benzene rings is 2. The molecule has 2 aliphatic rings. The number of carbonyl (C=O) groups excluding carboxylic acids is 2. The third-order valence-electron chi connectivity index (χ3n) is 5.80. The lowest BCUT2D eigenvalue weighted by Crippen LogP contribution is -2.50. The van der Waals surface area contributed by atoms with Crippen LogP contribution in [0.1, 0.15) is 30.0 Å². The number of imide groups is 1. The lowest BCUT2D eigenvalue weighted by atomic mass is 9.96. The summed E-state index contributed by atoms with van der Waals surface area (Å²) >= 11 is 0. The number of piperazine rings is 1. The predicted molar refractivity (Wildman–Crippen MR) is 109 cm³/mol. The van der Waals surface area contributed by atoms with Crippen molar-refractivity contribution in [3.63, 3.8) is 0 Å². The summed E-state index contributed by atoms with van der Waals surface area (Å²) in [6.45, 7) is 5.14. The van der Waals surface area contributed by atoms with Crippen LogP contribution in [0, 0.1) is 0 Å². The Hall–Kier alpha value is -2.50. The average Bonchev–Trinajstić information content (AvgIpc) is 3.07. The van der Waals surface area contributed by atoms with Gasteiger partial charge in [0.15, 0.2) is 0 Å². The molecule has 146 valence electrons. The molecule has 5 heteroatoms. The smallest absolute Gasteiger partial charge is 0.229 e. The molecule has 5 nitrogen and oxygen atoms in total. The summed E-state index contributed by atoms with van der Waals surface area (Å²) in [6, 6.07) is 21.6. The maximum atomic E-state index is 11.8. The lowest BCUT2D eigenvalue weighted by molar-refractivity contribution is -0.138. The molecule has 2 aliphatic heterocycles. The van der Waals surface area contributed by atoms with E-state index in [1.54, 1.807) is 0 Å². The fourth-order valence-electron chi connectivity index (χ4n) is 4.24. The highest BCUT2D eigenvalue weighted by Gasteiger charge is 2.30. The van der Waals surface area contributed by atoms with Crippen LogP contribution in [-0.2, 0) is 9.59 Å². The molecule has 0 bridgehead atoms. The van der Waals surface area contributed by atoms with Crippen molar-refractivity contribution in [1.82, 2.24) is 14.7 Å². The van der Waals surface area contributed by atoms with Crippen LogP contribution in [0.15, 0.2) is 60.7 Å². The molecule has 2 amide bonds. The molecule has 2 heterocycles. The van der Waals surface area contributed by atoms with Crippen molar-refractivity contribution in [3.8, 4) is 0 Å². The molecular formula is C23H27N3O2. The van der Waals surface area contributed by atoms with Gasteiger partial charge < -0.3 is 0 Å². The first-order chi connectivity index (χ1) is 13.7. The van der Waals surface area contributed by atoms with E-state index in [9.17, 15) is 9.59 Å². The number of hydrogen-bond acceptors (Lipinski definition) is 4. The Labute approximate surface area is 166 Å². The maximum Gasteiger partial charge on any atom is 0.229 e. The van der Waals surface area contributed by atoms with Crippen LogP contribution in [0.5, 0.6) is 0 Å². The Kier molecular flexibility index (Phi) is 5.84. The summed E-state index contributed by atoms with van der Waals surface area (Å²) in [7, 11) is 0. The first-order valence-corrected chi connectivity index (χ1v) is 10.1. The molecule has 2 aromatic carbocycles. The Bertz CT molecular complexity index is 746. The molecule has 0 radical (unpaired) electrons. The molecule has 2 fully saturated rings. The summed E-state index contributed by atoms with van der Waals surface area (Å²) in [6.07, 6.45) is 0.755. The van der Waals surface area contributed by atoms with Crippen LogP contribution < -0.4 is 0 Å². The second-order valence-electron chi connectivity index (χ2n) is 7.54. The number of likely N-dealkylation sites (tertiary alicyclic amines) is 1. The minimum atomic E-state index is -0.0168. The molecule has 4 rings (SSSR count). The van der Waals surface area contributed by atoms with Gasteiger partial charge >= 0.3 is 0 Å². The molecule has 0 saturated carbocycles. The van der Waals surface area contributed by atoms with E-state index in [1.807, 2.05) is 0 Å². The molecule has 28 heavy (non-hydrogen) atoms. The Morgan fingerprint density at radius 3 is 1.68 bits per heavy atom. The van der Waals surface area contributed by atoms with Crippen LogP contribution in [0.3, 0.4) is 0 Å². The predicted octanol–water partition coefficient (Wildman–Crippen LogP) is 2.54. The van der Waals surface area contributed by atoms with E-state index in [0.29, 0.717) is 19.4 Å². The lowest BCUT2D eigenvalue weighted by Gasteiger charge is -2.40. The number of amides is 2. The average molecular weight is 377 g/mol. The van der Waals surface area contributed by atoms with E-state index < -0.39 is 0 Å². The minimum Gasteiger partial charge on any atom is -0.299 e. The summed E-state index contributed by atoms with van der Waals surface area (Å²) in [4.78, 5) is 29.9. The third-order valence-corrected chi connectivity index (χ3v) is 5.80.